The number of fused-ring (bicyclic) bond motifs is 1. The molecule has 0 atom stereocenters. The summed E-state index contributed by atoms with van der Waals surface area (Å²) in [5.41, 5.74) is 4.91. The van der Waals surface area contributed by atoms with E-state index in [-0.39, 0.29) is 23.7 Å². The van der Waals surface area contributed by atoms with E-state index in [0.29, 0.717) is 11.4 Å². The number of aromatic nitrogens is 2. The van der Waals surface area contributed by atoms with Crippen LogP contribution in [0.15, 0.2) is 79.1 Å². The third-order valence-electron chi connectivity index (χ3n) is 4.81. The van der Waals surface area contributed by atoms with Gasteiger partial charge in [0.15, 0.2) is 5.82 Å². The van der Waals surface area contributed by atoms with Crippen LogP contribution >= 0.6 is 12.4 Å². The number of imidazole rings is 1. The zero-order chi connectivity index (χ0) is 19.7. The Hall–Kier alpha value is -3.11. The average Bonchev–Trinajstić information content (AvgIpc) is 3.09. The quantitative estimate of drug-likeness (QED) is 0.456. The summed E-state index contributed by atoms with van der Waals surface area (Å²) >= 11 is 0. The van der Waals surface area contributed by atoms with E-state index in [1.807, 2.05) is 71.4 Å². The Kier molecular flexibility index (Phi) is 5.76. The van der Waals surface area contributed by atoms with E-state index in [2.05, 4.69) is 43.2 Å². The number of carbonyl (C=O) groups excluding carboxylic acids is 1. The summed E-state index contributed by atoms with van der Waals surface area (Å²) in [5.74, 6) is 0.377. The molecule has 0 radical (unpaired) electrons. The van der Waals surface area contributed by atoms with Crippen LogP contribution in [0.25, 0.3) is 16.8 Å². The topological polar surface area (TPSA) is 46.4 Å². The van der Waals surface area contributed by atoms with Gasteiger partial charge in [0.2, 0.25) is 0 Å². The molecule has 148 valence electrons. The smallest absolute Gasteiger partial charge is 0.256 e. The fraction of sp³-hybridized carbons (Fsp3) is 0.167. The van der Waals surface area contributed by atoms with Crippen molar-refractivity contribution in [3.63, 3.8) is 0 Å². The Labute approximate surface area is 177 Å². The first-order chi connectivity index (χ1) is 13.4. The molecule has 1 N–H and O–H groups in total. The second-order valence-corrected chi connectivity index (χ2v) is 7.96. The van der Waals surface area contributed by atoms with Gasteiger partial charge in [-0.1, -0.05) is 63.2 Å². The van der Waals surface area contributed by atoms with E-state index in [1.165, 1.54) is 5.56 Å². The van der Waals surface area contributed by atoms with Crippen molar-refractivity contribution in [3.8, 4) is 11.1 Å². The SMILES string of the molecule is CC(C)(C)c1ccc(C(=O)Nc2cn3cc(-c4ccccc4)ccc3n2)cc1.Cl. The third-order valence-corrected chi connectivity index (χ3v) is 4.81. The van der Waals surface area contributed by atoms with Crippen molar-refractivity contribution >= 4 is 29.8 Å². The van der Waals surface area contributed by atoms with Crippen molar-refractivity contribution in [2.45, 2.75) is 26.2 Å². The Morgan fingerprint density at radius 1 is 0.862 bits per heavy atom. The Bertz CT molecular complexity index is 1130. The molecule has 0 aliphatic carbocycles. The van der Waals surface area contributed by atoms with E-state index < -0.39 is 0 Å². The Morgan fingerprint density at radius 3 is 2.21 bits per heavy atom. The van der Waals surface area contributed by atoms with Crippen LogP contribution in [0, 0.1) is 0 Å². The lowest BCUT2D eigenvalue weighted by Crippen LogP contribution is -2.14. The highest BCUT2D eigenvalue weighted by molar-refractivity contribution is 6.03. The normalized spacial score (nSPS) is 11.1. The minimum absolute atomic E-state index is 0. The van der Waals surface area contributed by atoms with Crippen molar-refractivity contribution in [2.75, 3.05) is 5.32 Å². The molecule has 0 saturated heterocycles. The van der Waals surface area contributed by atoms with Crippen molar-refractivity contribution in [1.82, 2.24) is 9.38 Å². The average molecular weight is 406 g/mol. The molecule has 2 heterocycles. The van der Waals surface area contributed by atoms with Crippen LogP contribution in [-0.2, 0) is 5.41 Å². The van der Waals surface area contributed by atoms with Gasteiger partial charge in [-0.05, 0) is 46.4 Å². The second-order valence-electron chi connectivity index (χ2n) is 7.96. The lowest BCUT2D eigenvalue weighted by Gasteiger charge is -2.18. The summed E-state index contributed by atoms with van der Waals surface area (Å²) in [4.78, 5) is 17.1. The first-order valence-electron chi connectivity index (χ1n) is 9.36. The zero-order valence-corrected chi connectivity index (χ0v) is 17.5. The molecule has 4 rings (SSSR count). The molecular formula is C24H24ClN3O. The van der Waals surface area contributed by atoms with E-state index in [9.17, 15) is 4.79 Å². The summed E-state index contributed by atoms with van der Waals surface area (Å²) < 4.78 is 1.93. The predicted molar refractivity (Wildman–Crippen MR) is 121 cm³/mol. The van der Waals surface area contributed by atoms with Crippen molar-refractivity contribution in [1.29, 1.82) is 0 Å². The van der Waals surface area contributed by atoms with Crippen LogP contribution in [0.5, 0.6) is 0 Å². The molecule has 0 fully saturated rings. The Balaban J connectivity index is 0.00000240. The molecule has 4 nitrogen and oxygen atoms in total. The maximum absolute atomic E-state index is 12.6. The van der Waals surface area contributed by atoms with Gasteiger partial charge in [0.05, 0.1) is 6.20 Å². The number of pyridine rings is 1. The molecule has 29 heavy (non-hydrogen) atoms. The number of hydrogen-bond acceptors (Lipinski definition) is 2. The number of halogens is 1. The van der Waals surface area contributed by atoms with E-state index in [0.717, 1.165) is 16.8 Å². The predicted octanol–water partition coefficient (Wildman–Crippen LogP) is 5.97. The van der Waals surface area contributed by atoms with Gasteiger partial charge in [-0.3, -0.25) is 4.79 Å². The highest BCUT2D eigenvalue weighted by atomic mass is 35.5. The molecule has 4 aromatic rings. The van der Waals surface area contributed by atoms with Gasteiger partial charge in [-0.15, -0.1) is 12.4 Å². The largest absolute Gasteiger partial charge is 0.305 e. The van der Waals surface area contributed by atoms with Crippen molar-refractivity contribution in [2.24, 2.45) is 0 Å². The van der Waals surface area contributed by atoms with Crippen LogP contribution in [0.3, 0.4) is 0 Å². The maximum Gasteiger partial charge on any atom is 0.256 e. The monoisotopic (exact) mass is 405 g/mol. The van der Waals surface area contributed by atoms with Crippen LogP contribution in [0.4, 0.5) is 5.82 Å². The highest BCUT2D eigenvalue weighted by Gasteiger charge is 2.15. The lowest BCUT2D eigenvalue weighted by molar-refractivity contribution is 0.102. The zero-order valence-electron chi connectivity index (χ0n) is 16.7. The molecule has 5 heteroatoms. The fourth-order valence-electron chi connectivity index (χ4n) is 3.16. The van der Waals surface area contributed by atoms with Crippen molar-refractivity contribution in [3.05, 3.63) is 90.3 Å². The summed E-state index contributed by atoms with van der Waals surface area (Å²) in [7, 11) is 0. The second kappa shape index (κ2) is 8.10. The number of nitrogens with zero attached hydrogens (tertiary/aromatic N) is 2. The number of carbonyl (C=O) groups is 1. The van der Waals surface area contributed by atoms with Crippen molar-refractivity contribution < 1.29 is 4.79 Å². The summed E-state index contributed by atoms with van der Waals surface area (Å²) in [5, 5.41) is 2.89. The summed E-state index contributed by atoms with van der Waals surface area (Å²) in [6.07, 6.45) is 3.86. The number of amides is 1. The number of rotatable bonds is 3. The number of benzene rings is 2. The van der Waals surface area contributed by atoms with Crippen LogP contribution in [-0.4, -0.2) is 15.3 Å². The highest BCUT2D eigenvalue weighted by Crippen LogP contribution is 2.23. The van der Waals surface area contributed by atoms with Gasteiger partial charge < -0.3 is 9.72 Å². The van der Waals surface area contributed by atoms with Gasteiger partial charge in [0.25, 0.3) is 5.91 Å². The van der Waals surface area contributed by atoms with Gasteiger partial charge in [0.1, 0.15) is 5.65 Å². The molecule has 0 bridgehead atoms. The van der Waals surface area contributed by atoms with Gasteiger partial charge in [-0.25, -0.2) is 4.98 Å². The molecule has 0 aliphatic rings. The van der Waals surface area contributed by atoms with Crippen LogP contribution in [0.1, 0.15) is 36.7 Å². The third kappa shape index (κ3) is 4.49. The molecule has 0 spiro atoms. The maximum atomic E-state index is 12.6. The Morgan fingerprint density at radius 2 is 1.55 bits per heavy atom. The first-order valence-corrected chi connectivity index (χ1v) is 9.36. The fourth-order valence-corrected chi connectivity index (χ4v) is 3.16. The number of anilines is 1. The number of hydrogen-bond donors (Lipinski definition) is 1. The summed E-state index contributed by atoms with van der Waals surface area (Å²) in [6.45, 7) is 6.47. The van der Waals surface area contributed by atoms with Gasteiger partial charge in [0, 0.05) is 11.8 Å². The van der Waals surface area contributed by atoms with Gasteiger partial charge >= 0.3 is 0 Å². The molecule has 0 saturated carbocycles. The summed E-state index contributed by atoms with van der Waals surface area (Å²) in [6, 6.07) is 21.9. The lowest BCUT2D eigenvalue weighted by atomic mass is 9.87. The van der Waals surface area contributed by atoms with Gasteiger partial charge in [-0.2, -0.15) is 0 Å². The molecule has 2 aromatic carbocycles. The van der Waals surface area contributed by atoms with Crippen LogP contribution < -0.4 is 5.32 Å². The van der Waals surface area contributed by atoms with E-state index in [4.69, 9.17) is 0 Å². The minimum Gasteiger partial charge on any atom is -0.305 e. The number of nitrogens with one attached hydrogen (secondary N) is 1. The molecule has 0 unspecified atom stereocenters. The molecular weight excluding hydrogens is 382 g/mol. The molecule has 0 aliphatic heterocycles. The minimum atomic E-state index is -0.160. The van der Waals surface area contributed by atoms with E-state index in [1.54, 1.807) is 0 Å². The standard InChI is InChI=1S/C24H23N3O.ClH/c1-24(2,3)20-12-9-18(10-13-20)23(28)26-21-16-27-15-19(11-14-22(27)25-21)17-7-5-4-6-8-17;/h4-16H,1-3H3,(H,26,28);1H. The molecule has 2 aromatic heterocycles. The molecule has 1 amide bonds. The first kappa shape index (κ1) is 20.6. The van der Waals surface area contributed by atoms with E-state index >= 15 is 0 Å². The van der Waals surface area contributed by atoms with Crippen LogP contribution in [0.2, 0.25) is 0 Å².